The summed E-state index contributed by atoms with van der Waals surface area (Å²) in [5.41, 5.74) is 0.379. The number of carbonyl (C=O) groups excluding carboxylic acids is 1. The molecular weight excluding hydrogens is 198 g/mol. The van der Waals surface area contributed by atoms with Gasteiger partial charge in [0.1, 0.15) is 0 Å². The van der Waals surface area contributed by atoms with E-state index >= 15 is 0 Å². The lowest BCUT2D eigenvalue weighted by Crippen LogP contribution is -2.41. The lowest BCUT2D eigenvalue weighted by Gasteiger charge is -2.18. The highest BCUT2D eigenvalue weighted by Crippen LogP contribution is 2.01. The van der Waals surface area contributed by atoms with Crippen LogP contribution in [0.4, 0.5) is 0 Å². The third kappa shape index (κ3) is 4.02. The molecular formula is C14H15NO. The fourth-order valence-electron chi connectivity index (χ4n) is 1.14. The van der Waals surface area contributed by atoms with E-state index < -0.39 is 5.54 Å². The van der Waals surface area contributed by atoms with Gasteiger partial charge in [-0.1, -0.05) is 36.6 Å². The third-order valence-corrected chi connectivity index (χ3v) is 1.91. The largest absolute Gasteiger partial charge is 0.337 e. The van der Waals surface area contributed by atoms with Crippen molar-refractivity contribution < 1.29 is 4.79 Å². The third-order valence-electron chi connectivity index (χ3n) is 1.91. The highest BCUT2D eigenvalue weighted by atomic mass is 16.1. The molecule has 0 radical (unpaired) electrons. The van der Waals surface area contributed by atoms with Gasteiger partial charge in [-0.3, -0.25) is 4.79 Å². The predicted molar refractivity (Wildman–Crippen MR) is 65.7 cm³/mol. The molecule has 0 aromatic heterocycles. The summed E-state index contributed by atoms with van der Waals surface area (Å²) in [4.78, 5) is 11.1. The van der Waals surface area contributed by atoms with Crippen molar-refractivity contribution in [2.75, 3.05) is 0 Å². The first kappa shape index (κ1) is 12.1. The van der Waals surface area contributed by atoms with Crippen LogP contribution in [0.5, 0.6) is 0 Å². The van der Waals surface area contributed by atoms with Crippen molar-refractivity contribution in [1.29, 1.82) is 0 Å². The molecule has 0 unspecified atom stereocenters. The van der Waals surface area contributed by atoms with Crippen LogP contribution in [0.15, 0.2) is 43.0 Å². The van der Waals surface area contributed by atoms with Crippen molar-refractivity contribution in [3.63, 3.8) is 0 Å². The summed E-state index contributed by atoms with van der Waals surface area (Å²) in [6, 6.07) is 9.66. The second-order valence-corrected chi connectivity index (χ2v) is 3.93. The van der Waals surface area contributed by atoms with E-state index in [4.69, 9.17) is 0 Å². The molecule has 0 saturated heterocycles. The van der Waals surface area contributed by atoms with Crippen LogP contribution in [-0.4, -0.2) is 11.4 Å². The molecule has 0 bridgehead atoms. The highest BCUT2D eigenvalue weighted by molar-refractivity contribution is 5.87. The summed E-state index contributed by atoms with van der Waals surface area (Å²) in [5.74, 6) is 5.81. The van der Waals surface area contributed by atoms with Crippen LogP contribution in [0.3, 0.4) is 0 Å². The molecule has 1 N–H and O–H groups in total. The van der Waals surface area contributed by atoms with E-state index in [1.807, 2.05) is 44.2 Å². The average molecular weight is 213 g/mol. The maximum atomic E-state index is 11.1. The van der Waals surface area contributed by atoms with E-state index in [0.29, 0.717) is 0 Å². The highest BCUT2D eigenvalue weighted by Gasteiger charge is 2.15. The summed E-state index contributed by atoms with van der Waals surface area (Å²) in [7, 11) is 0. The van der Waals surface area contributed by atoms with Crippen LogP contribution in [0.25, 0.3) is 0 Å². The van der Waals surface area contributed by atoms with Crippen molar-refractivity contribution in [3.05, 3.63) is 48.6 Å². The lowest BCUT2D eigenvalue weighted by atomic mass is 10.1. The van der Waals surface area contributed by atoms with Crippen LogP contribution in [-0.2, 0) is 4.79 Å². The number of hydrogen-bond acceptors (Lipinski definition) is 1. The lowest BCUT2D eigenvalue weighted by molar-refractivity contribution is -0.117. The molecule has 2 nitrogen and oxygen atoms in total. The SMILES string of the molecule is C=CC(=O)NC(C)(C)C#Cc1ccccc1. The van der Waals surface area contributed by atoms with E-state index in [2.05, 4.69) is 23.7 Å². The number of rotatable bonds is 2. The number of benzene rings is 1. The van der Waals surface area contributed by atoms with Crippen molar-refractivity contribution in [3.8, 4) is 11.8 Å². The molecule has 2 heteroatoms. The van der Waals surface area contributed by atoms with E-state index in [0.717, 1.165) is 5.56 Å². The summed E-state index contributed by atoms with van der Waals surface area (Å²) >= 11 is 0. The minimum absolute atomic E-state index is 0.215. The number of hydrogen-bond donors (Lipinski definition) is 1. The van der Waals surface area contributed by atoms with Crippen LogP contribution < -0.4 is 5.32 Å². The molecule has 1 aromatic rings. The molecule has 0 aliphatic heterocycles. The zero-order valence-corrected chi connectivity index (χ0v) is 9.58. The molecule has 82 valence electrons. The standard InChI is InChI=1S/C14H15NO/c1-4-13(16)15-14(2,3)11-10-12-8-6-5-7-9-12/h4-9H,1H2,2-3H3,(H,15,16). The molecule has 0 aliphatic carbocycles. The van der Waals surface area contributed by atoms with Crippen molar-refractivity contribution in [1.82, 2.24) is 5.32 Å². The van der Waals surface area contributed by atoms with E-state index in [1.165, 1.54) is 6.08 Å². The van der Waals surface area contributed by atoms with Crippen LogP contribution in [0, 0.1) is 11.8 Å². The molecule has 1 amide bonds. The van der Waals surface area contributed by atoms with Gasteiger partial charge in [-0.25, -0.2) is 0 Å². The van der Waals surface area contributed by atoms with Gasteiger partial charge in [0.25, 0.3) is 0 Å². The average Bonchev–Trinajstić information content (AvgIpc) is 2.27. The molecule has 1 rings (SSSR count). The van der Waals surface area contributed by atoms with E-state index in [1.54, 1.807) is 0 Å². The fourth-order valence-corrected chi connectivity index (χ4v) is 1.14. The Morgan fingerprint density at radius 2 is 2.00 bits per heavy atom. The molecule has 0 spiro atoms. The first-order valence-corrected chi connectivity index (χ1v) is 5.06. The van der Waals surface area contributed by atoms with Gasteiger partial charge in [-0.05, 0) is 32.1 Å². The Kier molecular flexibility index (Phi) is 3.90. The summed E-state index contributed by atoms with van der Waals surface area (Å²) in [6.07, 6.45) is 1.24. The smallest absolute Gasteiger partial charge is 0.244 e. The van der Waals surface area contributed by atoms with Gasteiger partial charge in [0.15, 0.2) is 0 Å². The fraction of sp³-hybridized carbons (Fsp3) is 0.214. The monoisotopic (exact) mass is 213 g/mol. The van der Waals surface area contributed by atoms with Gasteiger partial charge in [0, 0.05) is 5.56 Å². The summed E-state index contributed by atoms with van der Waals surface area (Å²) < 4.78 is 0. The summed E-state index contributed by atoms with van der Waals surface area (Å²) in [6.45, 7) is 7.11. The Hall–Kier alpha value is -2.01. The van der Waals surface area contributed by atoms with Gasteiger partial charge in [0.05, 0.1) is 5.54 Å². The van der Waals surface area contributed by atoms with Gasteiger partial charge in [-0.15, -0.1) is 0 Å². The molecule has 0 atom stereocenters. The predicted octanol–water partition coefficient (Wildman–Crippen LogP) is 2.12. The minimum Gasteiger partial charge on any atom is -0.337 e. The first-order chi connectivity index (χ1) is 7.53. The number of carbonyl (C=O) groups is 1. The van der Waals surface area contributed by atoms with Crippen LogP contribution in [0.1, 0.15) is 19.4 Å². The zero-order chi connectivity index (χ0) is 12.0. The molecule has 1 aromatic carbocycles. The van der Waals surface area contributed by atoms with Crippen molar-refractivity contribution in [2.24, 2.45) is 0 Å². The van der Waals surface area contributed by atoms with Crippen LogP contribution >= 0.6 is 0 Å². The number of nitrogens with one attached hydrogen (secondary N) is 1. The van der Waals surface area contributed by atoms with Crippen LogP contribution in [0.2, 0.25) is 0 Å². The second-order valence-electron chi connectivity index (χ2n) is 3.93. The van der Waals surface area contributed by atoms with Crippen molar-refractivity contribution >= 4 is 5.91 Å². The van der Waals surface area contributed by atoms with E-state index in [9.17, 15) is 4.79 Å². The Morgan fingerprint density at radius 1 is 1.38 bits per heavy atom. The molecule has 0 aliphatic rings. The Balaban J connectivity index is 2.76. The second kappa shape index (κ2) is 5.18. The van der Waals surface area contributed by atoms with Gasteiger partial charge < -0.3 is 5.32 Å². The zero-order valence-electron chi connectivity index (χ0n) is 9.58. The molecule has 0 fully saturated rings. The normalized spacial score (nSPS) is 9.88. The maximum absolute atomic E-state index is 11.1. The quantitative estimate of drug-likeness (QED) is 0.591. The Morgan fingerprint density at radius 3 is 2.56 bits per heavy atom. The minimum atomic E-state index is -0.554. The van der Waals surface area contributed by atoms with Gasteiger partial charge >= 0.3 is 0 Å². The first-order valence-electron chi connectivity index (χ1n) is 5.06. The van der Waals surface area contributed by atoms with Gasteiger partial charge in [0.2, 0.25) is 5.91 Å². The van der Waals surface area contributed by atoms with Crippen molar-refractivity contribution in [2.45, 2.75) is 19.4 Å². The maximum Gasteiger partial charge on any atom is 0.244 e. The Bertz CT molecular complexity index is 435. The molecule has 0 saturated carbocycles. The molecule has 0 heterocycles. The van der Waals surface area contributed by atoms with E-state index in [-0.39, 0.29) is 5.91 Å². The van der Waals surface area contributed by atoms with Gasteiger partial charge in [-0.2, -0.15) is 0 Å². The molecule has 16 heavy (non-hydrogen) atoms. The number of amides is 1. The summed E-state index contributed by atoms with van der Waals surface area (Å²) in [5, 5.41) is 2.75. The topological polar surface area (TPSA) is 29.1 Å². The Labute approximate surface area is 96.4 Å².